The molecule has 122 valence electrons. The highest BCUT2D eigenvalue weighted by atomic mass is 16.5. The predicted molar refractivity (Wildman–Crippen MR) is 86.0 cm³/mol. The highest BCUT2D eigenvalue weighted by molar-refractivity contribution is 5.49. The van der Waals surface area contributed by atoms with Gasteiger partial charge >= 0.3 is 0 Å². The first-order valence-electron chi connectivity index (χ1n) is 9.71. The van der Waals surface area contributed by atoms with Crippen molar-refractivity contribution in [2.45, 2.75) is 38.3 Å². The molecule has 9 atom stereocenters. The van der Waals surface area contributed by atoms with E-state index in [1.165, 1.54) is 11.4 Å². The Kier molecular flexibility index (Phi) is 2.04. The summed E-state index contributed by atoms with van der Waals surface area (Å²) in [4.78, 5) is 0. The second kappa shape index (κ2) is 3.79. The molecule has 0 radical (unpaired) electrons. The topological polar surface area (TPSA) is 39.1 Å². The average molecular weight is 311 g/mol. The molecule has 6 saturated carbocycles. The molecule has 4 nitrogen and oxygen atoms in total. The van der Waals surface area contributed by atoms with Crippen LogP contribution in [-0.4, -0.2) is 29.0 Å². The maximum Gasteiger partial charge on any atom is 0.0778 e. The van der Waals surface area contributed by atoms with Crippen molar-refractivity contribution in [2.24, 2.45) is 47.3 Å². The second-order valence-corrected chi connectivity index (χ2v) is 9.21. The monoisotopic (exact) mass is 311 g/mol. The van der Waals surface area contributed by atoms with Crippen molar-refractivity contribution in [1.29, 1.82) is 0 Å². The summed E-state index contributed by atoms with van der Waals surface area (Å²) >= 11 is 0. The Morgan fingerprint density at radius 1 is 1.09 bits per heavy atom. The predicted octanol–water partition coefficient (Wildman–Crippen LogP) is 2.71. The van der Waals surface area contributed by atoms with Crippen LogP contribution in [0.1, 0.15) is 31.0 Å². The molecule has 2 heterocycles. The van der Waals surface area contributed by atoms with Gasteiger partial charge in [0.15, 0.2) is 0 Å². The van der Waals surface area contributed by atoms with E-state index < -0.39 is 0 Å². The molecule has 1 aromatic heterocycles. The lowest BCUT2D eigenvalue weighted by molar-refractivity contribution is 0.132. The maximum absolute atomic E-state index is 5.55. The van der Waals surface area contributed by atoms with Gasteiger partial charge in [0.05, 0.1) is 30.2 Å². The first-order valence-corrected chi connectivity index (χ1v) is 9.71. The summed E-state index contributed by atoms with van der Waals surface area (Å²) in [6, 6.07) is 1.20. The first kappa shape index (κ1) is 12.3. The van der Waals surface area contributed by atoms with Crippen LogP contribution in [0.4, 0.5) is 5.69 Å². The smallest absolute Gasteiger partial charge is 0.0778 e. The number of rotatable bonds is 3. The zero-order chi connectivity index (χ0) is 14.9. The van der Waals surface area contributed by atoms with Crippen LogP contribution >= 0.6 is 0 Å². The molecule has 0 amide bonds. The fraction of sp³-hybridized carbons (Fsp3) is 0.842. The van der Waals surface area contributed by atoms with Crippen LogP contribution in [0.25, 0.3) is 0 Å². The van der Waals surface area contributed by atoms with Crippen molar-refractivity contribution in [1.82, 2.24) is 9.78 Å². The molecule has 7 aliphatic rings. The number of aromatic nitrogens is 2. The third-order valence-corrected chi connectivity index (χ3v) is 8.94. The summed E-state index contributed by atoms with van der Waals surface area (Å²) < 4.78 is 7.76. The molecule has 7 fully saturated rings. The van der Waals surface area contributed by atoms with Crippen molar-refractivity contribution >= 4 is 5.69 Å². The SMILES string of the molecule is Cc1c(NC2C3C4CC5C6CC(C53)C2C64)cnn1C1CCOC1. The minimum atomic E-state index is 0.447. The molecule has 9 unspecified atom stereocenters. The van der Waals surface area contributed by atoms with Gasteiger partial charge in [0.1, 0.15) is 0 Å². The van der Waals surface area contributed by atoms with Crippen LogP contribution in [-0.2, 0) is 4.74 Å². The summed E-state index contributed by atoms with van der Waals surface area (Å²) in [5.41, 5.74) is 2.62. The van der Waals surface area contributed by atoms with Crippen LogP contribution in [0, 0.1) is 54.3 Å². The highest BCUT2D eigenvalue weighted by Gasteiger charge is 2.80. The van der Waals surface area contributed by atoms with Gasteiger partial charge in [-0.05, 0) is 73.5 Å². The van der Waals surface area contributed by atoms with Crippen LogP contribution in [0.15, 0.2) is 6.20 Å². The van der Waals surface area contributed by atoms with Crippen molar-refractivity contribution < 1.29 is 4.74 Å². The molecule has 6 aliphatic carbocycles. The first-order chi connectivity index (χ1) is 11.3. The Hall–Kier alpha value is -1.03. The summed E-state index contributed by atoms with van der Waals surface area (Å²) in [6.07, 6.45) is 6.34. The lowest BCUT2D eigenvalue weighted by atomic mass is 9.71. The van der Waals surface area contributed by atoms with E-state index in [1.807, 2.05) is 0 Å². The van der Waals surface area contributed by atoms with Crippen molar-refractivity contribution in [2.75, 3.05) is 18.5 Å². The zero-order valence-corrected chi connectivity index (χ0v) is 13.7. The van der Waals surface area contributed by atoms with E-state index in [0.717, 1.165) is 73.0 Å². The average Bonchev–Trinajstić information content (AvgIpc) is 3.27. The van der Waals surface area contributed by atoms with Gasteiger partial charge in [0.25, 0.3) is 0 Å². The van der Waals surface area contributed by atoms with Gasteiger partial charge < -0.3 is 10.1 Å². The van der Waals surface area contributed by atoms with E-state index in [-0.39, 0.29) is 0 Å². The Morgan fingerprint density at radius 2 is 1.83 bits per heavy atom. The molecule has 1 aliphatic heterocycles. The summed E-state index contributed by atoms with van der Waals surface area (Å²) in [6.45, 7) is 3.95. The molecular formula is C19H25N3O. The lowest BCUT2D eigenvalue weighted by Gasteiger charge is -2.33. The molecule has 1 aromatic rings. The molecule has 1 saturated heterocycles. The summed E-state index contributed by atoms with van der Waals surface area (Å²) in [7, 11) is 0. The van der Waals surface area contributed by atoms with E-state index in [4.69, 9.17) is 9.84 Å². The molecule has 0 aromatic carbocycles. The summed E-state index contributed by atoms with van der Waals surface area (Å²) in [5.74, 6) is 8.59. The quantitative estimate of drug-likeness (QED) is 0.933. The third-order valence-electron chi connectivity index (χ3n) is 8.94. The number of nitrogens with one attached hydrogen (secondary N) is 1. The highest BCUT2D eigenvalue weighted by Crippen LogP contribution is 2.82. The number of anilines is 1. The molecule has 0 spiro atoms. The Balaban J connectivity index is 1.21. The Bertz CT molecular complexity index is 665. The van der Waals surface area contributed by atoms with E-state index in [9.17, 15) is 0 Å². The summed E-state index contributed by atoms with van der Waals surface area (Å²) in [5, 5.41) is 8.70. The molecule has 6 bridgehead atoms. The van der Waals surface area contributed by atoms with Crippen LogP contribution in [0.2, 0.25) is 0 Å². The number of nitrogens with zero attached hydrogens (tertiary/aromatic N) is 2. The van der Waals surface area contributed by atoms with Gasteiger partial charge in [-0.3, -0.25) is 4.68 Å². The number of ether oxygens (including phenoxy) is 1. The van der Waals surface area contributed by atoms with E-state index in [0.29, 0.717) is 6.04 Å². The fourth-order valence-electron chi connectivity index (χ4n) is 8.64. The van der Waals surface area contributed by atoms with Gasteiger partial charge in [-0.15, -0.1) is 0 Å². The van der Waals surface area contributed by atoms with Crippen molar-refractivity contribution in [3.63, 3.8) is 0 Å². The zero-order valence-electron chi connectivity index (χ0n) is 13.7. The number of hydrogen-bond donors (Lipinski definition) is 1. The van der Waals surface area contributed by atoms with Gasteiger partial charge in [0.2, 0.25) is 0 Å². The molecular weight excluding hydrogens is 286 g/mol. The Morgan fingerprint density at radius 3 is 2.48 bits per heavy atom. The van der Waals surface area contributed by atoms with Gasteiger partial charge in [-0.1, -0.05) is 0 Å². The van der Waals surface area contributed by atoms with Gasteiger partial charge in [-0.25, -0.2) is 0 Å². The fourth-order valence-corrected chi connectivity index (χ4v) is 8.64. The van der Waals surface area contributed by atoms with Crippen LogP contribution < -0.4 is 5.32 Å². The van der Waals surface area contributed by atoms with E-state index in [2.05, 4.69) is 23.1 Å². The maximum atomic E-state index is 5.55. The van der Waals surface area contributed by atoms with Gasteiger partial charge in [0, 0.05) is 12.6 Å². The van der Waals surface area contributed by atoms with Crippen molar-refractivity contribution in [3.8, 4) is 0 Å². The van der Waals surface area contributed by atoms with E-state index >= 15 is 0 Å². The largest absolute Gasteiger partial charge is 0.379 e. The minimum absolute atomic E-state index is 0.447. The molecule has 23 heavy (non-hydrogen) atoms. The Labute approximate surface area is 137 Å². The molecule has 1 N–H and O–H groups in total. The standard InChI is InChI=1S/C19H25N3O/c1-8-14(6-20-22(8)9-2-3-23-7-9)21-19-17-12-4-10-11-5-13(15(10)17)18(19)16(11)12/h6,9-13,15-19,21H,2-5,7H2,1H3. The normalized spacial score (nSPS) is 56.7. The number of hydrogen-bond acceptors (Lipinski definition) is 3. The minimum Gasteiger partial charge on any atom is -0.379 e. The van der Waals surface area contributed by atoms with Crippen LogP contribution in [0.5, 0.6) is 0 Å². The second-order valence-electron chi connectivity index (χ2n) is 9.21. The van der Waals surface area contributed by atoms with Crippen molar-refractivity contribution in [3.05, 3.63) is 11.9 Å². The third kappa shape index (κ3) is 1.21. The lowest BCUT2D eigenvalue weighted by Crippen LogP contribution is -2.30. The van der Waals surface area contributed by atoms with Gasteiger partial charge in [-0.2, -0.15) is 5.10 Å². The van der Waals surface area contributed by atoms with E-state index in [1.54, 1.807) is 12.8 Å². The molecule has 8 rings (SSSR count). The van der Waals surface area contributed by atoms with Crippen LogP contribution in [0.3, 0.4) is 0 Å². The molecule has 4 heteroatoms.